The Morgan fingerprint density at radius 3 is 2.05 bits per heavy atom. The lowest BCUT2D eigenvalue weighted by Crippen LogP contribution is -2.30. The average molecular weight is 278 g/mol. The zero-order valence-electron chi connectivity index (χ0n) is 10.1. The highest BCUT2D eigenvalue weighted by atomic mass is 19.5. The molecule has 1 saturated heterocycles. The van der Waals surface area contributed by atoms with Gasteiger partial charge in [0.15, 0.2) is 18.1 Å². The summed E-state index contributed by atoms with van der Waals surface area (Å²) in [7, 11) is -6.00. The normalized spacial score (nSPS) is 14.8. The van der Waals surface area contributed by atoms with E-state index in [1.54, 1.807) is 0 Å². The van der Waals surface area contributed by atoms with Gasteiger partial charge >= 0.3 is 18.0 Å². The third-order valence-corrected chi connectivity index (χ3v) is 2.03. The molecule has 0 aromatic heterocycles. The molecule has 0 spiro atoms. The zero-order chi connectivity index (χ0) is 14.1. The Hall–Kier alpha value is -1.82. The van der Waals surface area contributed by atoms with Crippen molar-refractivity contribution in [3.8, 4) is 0 Å². The van der Waals surface area contributed by atoms with E-state index in [9.17, 15) is 17.3 Å². The minimum Gasteiger partial charge on any atom is -0.418 e. The molecule has 0 unspecified atom stereocenters. The Bertz CT molecular complexity index is 420. The first-order valence-electron chi connectivity index (χ1n) is 5.62. The largest absolute Gasteiger partial charge is 0.673 e. The van der Waals surface area contributed by atoms with Crippen molar-refractivity contribution in [3.63, 3.8) is 0 Å². The first-order chi connectivity index (χ1) is 8.95. The van der Waals surface area contributed by atoms with Crippen molar-refractivity contribution >= 4 is 12.9 Å². The predicted octanol–water partition coefficient (Wildman–Crippen LogP) is 3.53. The fourth-order valence-corrected chi connectivity index (χ4v) is 1.25. The minimum absolute atomic E-state index is 0.744. The lowest BCUT2D eigenvalue weighted by atomic mass is 10.3. The van der Waals surface area contributed by atoms with E-state index in [-0.39, 0.29) is 0 Å². The van der Waals surface area contributed by atoms with Crippen LogP contribution >= 0.6 is 0 Å². The number of halogens is 4. The molecule has 1 heterocycles. The van der Waals surface area contributed by atoms with Crippen LogP contribution in [0.2, 0.25) is 0 Å². The molecule has 0 N–H and O–H groups in total. The van der Waals surface area contributed by atoms with E-state index in [0.29, 0.717) is 0 Å². The quantitative estimate of drug-likeness (QED) is 0.411. The van der Waals surface area contributed by atoms with Crippen LogP contribution in [0.5, 0.6) is 0 Å². The van der Waals surface area contributed by atoms with Crippen LogP contribution in [0.4, 0.5) is 23.0 Å². The van der Waals surface area contributed by atoms with Crippen LogP contribution in [0.1, 0.15) is 0 Å². The zero-order valence-corrected chi connectivity index (χ0v) is 10.1. The van der Waals surface area contributed by atoms with E-state index in [1.165, 1.54) is 0 Å². The summed E-state index contributed by atoms with van der Waals surface area (Å²) in [5, 5.41) is 6.06. The Balaban J connectivity index is 0.000000312. The topological polar surface area (TPSA) is 21.2 Å². The highest BCUT2D eigenvalue weighted by molar-refractivity contribution is 6.50. The van der Waals surface area contributed by atoms with Gasteiger partial charge in [-0.3, -0.25) is 0 Å². The summed E-state index contributed by atoms with van der Waals surface area (Å²) in [5.74, 6) is 0. The van der Waals surface area contributed by atoms with Gasteiger partial charge in [-0.05, 0) is 0 Å². The van der Waals surface area contributed by atoms with E-state index in [4.69, 9.17) is 4.74 Å². The number of morpholine rings is 1. The average Bonchev–Trinajstić information content (AvgIpc) is 2.37. The smallest absolute Gasteiger partial charge is 0.418 e. The first kappa shape index (κ1) is 15.2. The van der Waals surface area contributed by atoms with E-state index >= 15 is 0 Å². The van der Waals surface area contributed by atoms with E-state index in [0.717, 1.165) is 32.0 Å². The molecule has 0 atom stereocenters. The van der Waals surface area contributed by atoms with Crippen molar-refractivity contribution in [1.82, 2.24) is 5.01 Å². The lowest BCUT2D eigenvalue weighted by molar-refractivity contribution is 0.0581. The SMILES string of the molecule is F[B-](F)(F)F.c1ccc([N+]#[N+]N2CCOCC2)cc1. The Kier molecular flexibility index (Phi) is 6.08. The fourth-order valence-electron chi connectivity index (χ4n) is 1.25. The predicted molar refractivity (Wildman–Crippen MR) is 65.4 cm³/mol. The molecule has 0 aliphatic carbocycles. The molecule has 0 amide bonds. The first-order valence-corrected chi connectivity index (χ1v) is 5.62. The van der Waals surface area contributed by atoms with Gasteiger partial charge < -0.3 is 22.0 Å². The van der Waals surface area contributed by atoms with Gasteiger partial charge in [0.05, 0.1) is 18.2 Å². The second-order valence-corrected chi connectivity index (χ2v) is 3.59. The summed E-state index contributed by atoms with van der Waals surface area (Å²) >= 11 is 0. The summed E-state index contributed by atoms with van der Waals surface area (Å²) < 4.78 is 44.2. The maximum absolute atomic E-state index is 9.75. The number of rotatable bonds is 0. The maximum atomic E-state index is 9.75. The molecule has 0 radical (unpaired) electrons. The second kappa shape index (κ2) is 7.58. The fraction of sp³-hybridized carbons (Fsp3) is 0.400. The van der Waals surface area contributed by atoms with Crippen molar-refractivity contribution in [2.75, 3.05) is 26.3 Å². The summed E-state index contributed by atoms with van der Waals surface area (Å²) in [6.45, 7) is 3.15. The third kappa shape index (κ3) is 8.85. The van der Waals surface area contributed by atoms with E-state index in [2.05, 4.69) is 10.1 Å². The monoisotopic (exact) mass is 278 g/mol. The molecule has 1 aliphatic rings. The Morgan fingerprint density at radius 2 is 1.53 bits per heavy atom. The van der Waals surface area contributed by atoms with Crippen molar-refractivity contribution in [1.29, 1.82) is 0 Å². The molecule has 19 heavy (non-hydrogen) atoms. The molecule has 1 aromatic rings. The van der Waals surface area contributed by atoms with Gasteiger partial charge in [-0.1, -0.05) is 18.2 Å². The van der Waals surface area contributed by atoms with Crippen LogP contribution in [0.15, 0.2) is 30.3 Å². The Labute approximate surface area is 107 Å². The summed E-state index contributed by atoms with van der Waals surface area (Å²) in [5.41, 5.74) is 0.888. The standard InChI is InChI=1S/C10H13N3O.BF4/c1-2-4-10(5-3-1)11-12-13-6-8-14-9-7-13;2-1(3,4)5/h1-5H,6-9H2;/q+2;-1. The van der Waals surface area contributed by atoms with Crippen LogP contribution in [-0.4, -0.2) is 38.6 Å². The van der Waals surface area contributed by atoms with Gasteiger partial charge in [-0.15, -0.1) is 0 Å². The van der Waals surface area contributed by atoms with Crippen LogP contribution in [0, 0.1) is 0 Å². The second-order valence-electron chi connectivity index (χ2n) is 3.59. The lowest BCUT2D eigenvalue weighted by Gasteiger charge is -2.05. The molecule has 1 aliphatic heterocycles. The summed E-state index contributed by atoms with van der Waals surface area (Å²) in [6.07, 6.45) is 0. The van der Waals surface area contributed by atoms with Gasteiger partial charge in [0.1, 0.15) is 0 Å². The molecule has 2 rings (SSSR count). The molecule has 104 valence electrons. The van der Waals surface area contributed by atoms with E-state index in [1.807, 2.05) is 35.3 Å². The number of hydrogen-bond donors (Lipinski definition) is 0. The number of nitrogens with zero attached hydrogens (tertiary/aromatic N) is 3. The summed E-state index contributed by atoms with van der Waals surface area (Å²) in [6, 6.07) is 9.74. The molecule has 0 bridgehead atoms. The highest BCUT2D eigenvalue weighted by Crippen LogP contribution is 2.11. The van der Waals surface area contributed by atoms with Gasteiger partial charge in [-0.2, -0.15) is 0 Å². The minimum atomic E-state index is -6.00. The van der Waals surface area contributed by atoms with E-state index < -0.39 is 7.25 Å². The number of ether oxygens (including phenoxy) is 1. The number of diazo groups is 1. The molecule has 1 fully saturated rings. The van der Waals surface area contributed by atoms with Crippen LogP contribution in [0.25, 0.3) is 10.1 Å². The van der Waals surface area contributed by atoms with Gasteiger partial charge in [0.2, 0.25) is 0 Å². The molecule has 0 saturated carbocycles. The molecule has 4 nitrogen and oxygen atoms in total. The number of benzene rings is 1. The van der Waals surface area contributed by atoms with Crippen LogP contribution in [0.3, 0.4) is 0 Å². The molecular weight excluding hydrogens is 265 g/mol. The van der Waals surface area contributed by atoms with Gasteiger partial charge in [-0.25, -0.2) is 0 Å². The van der Waals surface area contributed by atoms with Crippen molar-refractivity contribution in [3.05, 3.63) is 40.4 Å². The van der Waals surface area contributed by atoms with Gasteiger partial charge in [0, 0.05) is 12.1 Å². The van der Waals surface area contributed by atoms with Crippen LogP contribution < -0.4 is 0 Å². The third-order valence-electron chi connectivity index (χ3n) is 2.03. The van der Waals surface area contributed by atoms with Crippen molar-refractivity contribution in [2.24, 2.45) is 0 Å². The van der Waals surface area contributed by atoms with Gasteiger partial charge in [0.25, 0.3) is 0 Å². The Morgan fingerprint density at radius 1 is 1.00 bits per heavy atom. The maximum Gasteiger partial charge on any atom is 0.673 e. The van der Waals surface area contributed by atoms with Crippen molar-refractivity contribution in [2.45, 2.75) is 0 Å². The molecule has 1 aromatic carbocycles. The van der Waals surface area contributed by atoms with Crippen molar-refractivity contribution < 1.29 is 22.0 Å². The summed E-state index contributed by atoms with van der Waals surface area (Å²) in [4.78, 5) is 4.13. The van der Waals surface area contributed by atoms with Crippen LogP contribution in [-0.2, 0) is 4.74 Å². The molecular formula is C10H13BF4N3O+. The molecule has 9 heteroatoms. The highest BCUT2D eigenvalue weighted by Gasteiger charge is 2.25. The number of hydrogen-bond acceptors (Lipinski definition) is 2.